The zero-order valence-electron chi connectivity index (χ0n) is 12.5. The largest absolute Gasteiger partial charge is 0.337 e. The van der Waals surface area contributed by atoms with Crippen molar-refractivity contribution in [2.24, 2.45) is 5.92 Å². The highest BCUT2D eigenvalue weighted by atomic mass is 16.2. The molecule has 1 amide bonds. The van der Waals surface area contributed by atoms with Crippen molar-refractivity contribution < 1.29 is 4.79 Å². The minimum atomic E-state index is -0.694. The predicted octanol–water partition coefficient (Wildman–Crippen LogP) is 0.857. The van der Waals surface area contributed by atoms with Gasteiger partial charge in [0.2, 0.25) is 5.91 Å². The molecular weight excluding hydrogens is 266 g/mol. The van der Waals surface area contributed by atoms with Crippen molar-refractivity contribution in [3.63, 3.8) is 0 Å². The summed E-state index contributed by atoms with van der Waals surface area (Å²) >= 11 is 0. The molecule has 0 aromatic carbocycles. The second kappa shape index (κ2) is 5.15. The fraction of sp³-hybridized carbons (Fsp3) is 0.667. The first-order valence-corrected chi connectivity index (χ1v) is 7.45. The van der Waals surface area contributed by atoms with E-state index in [-0.39, 0.29) is 5.91 Å². The number of nitrogens with zero attached hydrogens (tertiary/aromatic N) is 4. The number of aromatic nitrogens is 2. The zero-order valence-corrected chi connectivity index (χ0v) is 12.5. The van der Waals surface area contributed by atoms with Crippen molar-refractivity contribution >= 4 is 5.91 Å². The molecule has 3 rings (SSSR count). The molecule has 1 saturated carbocycles. The van der Waals surface area contributed by atoms with Gasteiger partial charge in [-0.05, 0) is 38.2 Å². The van der Waals surface area contributed by atoms with Crippen molar-refractivity contribution in [1.29, 1.82) is 5.26 Å². The van der Waals surface area contributed by atoms with Gasteiger partial charge >= 0.3 is 0 Å². The molecule has 0 bridgehead atoms. The molecule has 0 unspecified atom stereocenters. The lowest BCUT2D eigenvalue weighted by Gasteiger charge is -2.39. The number of likely N-dealkylation sites (tertiary alicyclic amines) is 1. The molecule has 1 saturated heterocycles. The number of carbonyl (C=O) groups excluding carboxylic acids is 1. The quantitative estimate of drug-likeness (QED) is 0.871. The molecule has 21 heavy (non-hydrogen) atoms. The first-order chi connectivity index (χ1) is 10.00. The summed E-state index contributed by atoms with van der Waals surface area (Å²) in [5.41, 5.74) is 0.459. The van der Waals surface area contributed by atoms with Gasteiger partial charge in [0.05, 0.1) is 24.9 Å². The average molecular weight is 287 g/mol. The van der Waals surface area contributed by atoms with E-state index in [2.05, 4.69) is 21.4 Å². The molecule has 2 fully saturated rings. The molecule has 0 spiro atoms. The summed E-state index contributed by atoms with van der Waals surface area (Å²) in [6.07, 6.45) is 5.95. The summed E-state index contributed by atoms with van der Waals surface area (Å²) < 4.78 is 1.97. The van der Waals surface area contributed by atoms with Gasteiger partial charge in [-0.1, -0.05) is 0 Å². The minimum absolute atomic E-state index is 0.0546. The van der Waals surface area contributed by atoms with Gasteiger partial charge in [0, 0.05) is 19.3 Å². The summed E-state index contributed by atoms with van der Waals surface area (Å²) in [7, 11) is 0. The van der Waals surface area contributed by atoms with Crippen molar-refractivity contribution in [3.8, 4) is 6.07 Å². The van der Waals surface area contributed by atoms with Gasteiger partial charge in [-0.15, -0.1) is 0 Å². The number of amides is 1. The van der Waals surface area contributed by atoms with Crippen LogP contribution < -0.4 is 5.32 Å². The Labute approximate surface area is 124 Å². The standard InChI is InChI=1S/C15H21N5O/c1-11-5-17-20(6-11)13-7-19(8-13)9-14(21)18-15(2,10-16)12-3-4-12/h5-6,12-13H,3-4,7-9H2,1-2H3,(H,18,21)/t15-/m1/s1. The van der Waals surface area contributed by atoms with Crippen molar-refractivity contribution in [3.05, 3.63) is 18.0 Å². The van der Waals surface area contributed by atoms with E-state index in [0.717, 1.165) is 31.5 Å². The van der Waals surface area contributed by atoms with Crippen LogP contribution in [0.1, 0.15) is 31.4 Å². The van der Waals surface area contributed by atoms with E-state index in [4.69, 9.17) is 0 Å². The maximum atomic E-state index is 12.1. The maximum absolute atomic E-state index is 12.1. The average Bonchev–Trinajstić information content (AvgIpc) is 3.17. The molecule has 112 valence electrons. The highest BCUT2D eigenvalue weighted by molar-refractivity contribution is 5.79. The monoisotopic (exact) mass is 287 g/mol. The second-order valence-electron chi connectivity index (χ2n) is 6.48. The first kappa shape index (κ1) is 14.1. The van der Waals surface area contributed by atoms with Gasteiger partial charge in [0.1, 0.15) is 5.54 Å². The lowest BCUT2D eigenvalue weighted by atomic mass is 9.98. The van der Waals surface area contributed by atoms with E-state index >= 15 is 0 Å². The van der Waals surface area contributed by atoms with Crippen LogP contribution in [-0.4, -0.2) is 45.8 Å². The van der Waals surface area contributed by atoms with Crippen LogP contribution in [0.2, 0.25) is 0 Å². The van der Waals surface area contributed by atoms with Crippen molar-refractivity contribution in [2.75, 3.05) is 19.6 Å². The highest BCUT2D eigenvalue weighted by Crippen LogP contribution is 2.39. The summed E-state index contributed by atoms with van der Waals surface area (Å²) in [6.45, 7) is 5.88. The van der Waals surface area contributed by atoms with Crippen LogP contribution in [0, 0.1) is 24.2 Å². The lowest BCUT2D eigenvalue weighted by molar-refractivity contribution is -0.125. The Morgan fingerprint density at radius 2 is 2.29 bits per heavy atom. The number of rotatable bonds is 5. The van der Waals surface area contributed by atoms with E-state index < -0.39 is 5.54 Å². The van der Waals surface area contributed by atoms with E-state index in [9.17, 15) is 10.1 Å². The summed E-state index contributed by atoms with van der Waals surface area (Å²) in [5, 5.41) is 16.5. The Hall–Kier alpha value is -1.87. The topological polar surface area (TPSA) is 74.0 Å². The Bertz CT molecular complexity index is 579. The summed E-state index contributed by atoms with van der Waals surface area (Å²) in [6, 6.07) is 2.61. The number of carbonyl (C=O) groups is 1. The molecule has 6 heteroatoms. The van der Waals surface area contributed by atoms with E-state index in [1.165, 1.54) is 0 Å². The molecule has 1 aromatic heterocycles. The first-order valence-electron chi connectivity index (χ1n) is 7.45. The molecule has 1 aromatic rings. The van der Waals surface area contributed by atoms with E-state index in [1.807, 2.05) is 30.9 Å². The molecule has 2 heterocycles. The van der Waals surface area contributed by atoms with Crippen LogP contribution in [0.5, 0.6) is 0 Å². The molecule has 1 aliphatic heterocycles. The zero-order chi connectivity index (χ0) is 15.0. The van der Waals surface area contributed by atoms with Gasteiger partial charge in [-0.3, -0.25) is 14.4 Å². The van der Waals surface area contributed by atoms with Gasteiger partial charge in [0.15, 0.2) is 0 Å². The van der Waals surface area contributed by atoms with Gasteiger partial charge in [-0.2, -0.15) is 10.4 Å². The van der Waals surface area contributed by atoms with Gasteiger partial charge < -0.3 is 5.32 Å². The highest BCUT2D eigenvalue weighted by Gasteiger charge is 2.43. The molecule has 0 radical (unpaired) electrons. The third-order valence-electron chi connectivity index (χ3n) is 4.44. The van der Waals surface area contributed by atoms with Crippen LogP contribution in [0.15, 0.2) is 12.4 Å². The van der Waals surface area contributed by atoms with Gasteiger partial charge in [-0.25, -0.2) is 0 Å². The number of hydrogen-bond acceptors (Lipinski definition) is 4. The summed E-state index contributed by atoms with van der Waals surface area (Å²) in [5.74, 6) is 0.267. The molecule has 1 N–H and O–H groups in total. The Balaban J connectivity index is 1.46. The van der Waals surface area contributed by atoms with Crippen LogP contribution in [0.3, 0.4) is 0 Å². The molecule has 2 aliphatic rings. The third kappa shape index (κ3) is 2.93. The fourth-order valence-electron chi connectivity index (χ4n) is 2.89. The normalized spacial score (nSPS) is 22.1. The van der Waals surface area contributed by atoms with E-state index in [1.54, 1.807) is 0 Å². The van der Waals surface area contributed by atoms with Crippen LogP contribution >= 0.6 is 0 Å². The molecule has 6 nitrogen and oxygen atoms in total. The maximum Gasteiger partial charge on any atom is 0.235 e. The Morgan fingerprint density at radius 3 is 2.81 bits per heavy atom. The number of hydrogen-bond donors (Lipinski definition) is 1. The SMILES string of the molecule is Cc1cnn(C2CN(CC(=O)N[C@](C)(C#N)C3CC3)C2)c1. The second-order valence-corrected chi connectivity index (χ2v) is 6.48. The summed E-state index contributed by atoms with van der Waals surface area (Å²) in [4.78, 5) is 14.2. The van der Waals surface area contributed by atoms with E-state index in [0.29, 0.717) is 18.5 Å². The Kier molecular flexibility index (Phi) is 3.46. The molecule has 1 aliphatic carbocycles. The number of nitriles is 1. The van der Waals surface area contributed by atoms with Crippen LogP contribution in [0.25, 0.3) is 0 Å². The smallest absolute Gasteiger partial charge is 0.235 e. The minimum Gasteiger partial charge on any atom is -0.337 e. The van der Waals surface area contributed by atoms with Gasteiger partial charge in [0.25, 0.3) is 0 Å². The van der Waals surface area contributed by atoms with Crippen LogP contribution in [-0.2, 0) is 4.79 Å². The number of aryl methyl sites for hydroxylation is 1. The third-order valence-corrected chi connectivity index (χ3v) is 4.44. The Morgan fingerprint density at radius 1 is 1.57 bits per heavy atom. The molecular formula is C15H21N5O. The lowest BCUT2D eigenvalue weighted by Crippen LogP contribution is -2.55. The number of nitrogens with one attached hydrogen (secondary N) is 1. The van der Waals surface area contributed by atoms with Crippen LogP contribution in [0.4, 0.5) is 0 Å². The predicted molar refractivity (Wildman–Crippen MR) is 77.3 cm³/mol. The molecule has 1 atom stereocenters. The van der Waals surface area contributed by atoms with Crippen molar-refractivity contribution in [1.82, 2.24) is 20.0 Å². The van der Waals surface area contributed by atoms with Crippen molar-refractivity contribution in [2.45, 2.75) is 38.3 Å². The fourth-order valence-corrected chi connectivity index (χ4v) is 2.89.